The Morgan fingerprint density at radius 1 is 1.28 bits per heavy atom. The topological polar surface area (TPSA) is 111 Å². The summed E-state index contributed by atoms with van der Waals surface area (Å²) in [5, 5.41) is 19.5. The molecule has 0 aliphatic carbocycles. The van der Waals surface area contributed by atoms with Gasteiger partial charge in [-0.25, -0.2) is 0 Å². The highest BCUT2D eigenvalue weighted by Crippen LogP contribution is 2.42. The summed E-state index contributed by atoms with van der Waals surface area (Å²) in [6.07, 6.45) is 3.45. The van der Waals surface area contributed by atoms with Crippen LogP contribution in [0.3, 0.4) is 0 Å². The molecule has 0 aliphatic rings. The Labute approximate surface area is 194 Å². The minimum absolute atomic E-state index is 0.0835. The van der Waals surface area contributed by atoms with Crippen LogP contribution in [-0.2, 0) is 31.5 Å². The van der Waals surface area contributed by atoms with E-state index in [-0.39, 0.29) is 24.9 Å². The summed E-state index contributed by atoms with van der Waals surface area (Å²) in [7, 11) is 1.81. The molecule has 1 amide bonds. The van der Waals surface area contributed by atoms with E-state index in [4.69, 9.17) is 28.9 Å². The maximum atomic E-state index is 12.5. The third kappa shape index (κ3) is 4.17. The molecular formula is C22H22Cl2N6O2. The molecular weight excluding hydrogens is 451 g/mol. The quantitative estimate of drug-likeness (QED) is 0.397. The van der Waals surface area contributed by atoms with Gasteiger partial charge in [0.05, 0.1) is 23.1 Å². The zero-order valence-electron chi connectivity index (χ0n) is 17.6. The molecule has 4 N–H and O–H groups in total. The SMILES string of the molecule is Cc1nc2cn(CC(=O)NCc3ccn(C)n3)c(O)c2c(-c2ccc(Cl)cc2Cl)c1CN. The van der Waals surface area contributed by atoms with E-state index >= 15 is 0 Å². The van der Waals surface area contributed by atoms with E-state index in [2.05, 4.69) is 15.4 Å². The van der Waals surface area contributed by atoms with Crippen molar-refractivity contribution in [2.75, 3.05) is 0 Å². The first-order valence-electron chi connectivity index (χ1n) is 9.90. The normalized spacial score (nSPS) is 11.3. The molecule has 0 bridgehead atoms. The maximum Gasteiger partial charge on any atom is 0.240 e. The van der Waals surface area contributed by atoms with Crippen molar-refractivity contribution in [1.29, 1.82) is 0 Å². The van der Waals surface area contributed by atoms with Gasteiger partial charge in [-0.3, -0.25) is 14.5 Å². The van der Waals surface area contributed by atoms with Crippen molar-refractivity contribution in [2.45, 2.75) is 26.6 Å². The zero-order valence-corrected chi connectivity index (χ0v) is 19.1. The van der Waals surface area contributed by atoms with Gasteiger partial charge < -0.3 is 20.7 Å². The van der Waals surface area contributed by atoms with E-state index in [0.29, 0.717) is 38.6 Å². The number of rotatable bonds is 6. The van der Waals surface area contributed by atoms with Gasteiger partial charge in [-0.1, -0.05) is 29.3 Å². The van der Waals surface area contributed by atoms with Crippen LogP contribution >= 0.6 is 23.2 Å². The van der Waals surface area contributed by atoms with E-state index in [9.17, 15) is 9.90 Å². The van der Waals surface area contributed by atoms with Gasteiger partial charge in [0.1, 0.15) is 6.54 Å². The van der Waals surface area contributed by atoms with Crippen molar-refractivity contribution >= 4 is 40.0 Å². The number of carbonyl (C=O) groups excluding carboxylic acids is 1. The average molecular weight is 473 g/mol. The van der Waals surface area contributed by atoms with Crippen molar-refractivity contribution in [3.05, 3.63) is 63.7 Å². The predicted octanol–water partition coefficient (Wildman–Crippen LogP) is 3.53. The number of aromatic hydroxyl groups is 1. The number of nitrogens with zero attached hydrogens (tertiary/aromatic N) is 4. The minimum atomic E-state index is -0.270. The van der Waals surface area contributed by atoms with Crippen molar-refractivity contribution in [3.63, 3.8) is 0 Å². The number of fused-ring (bicyclic) bond motifs is 1. The van der Waals surface area contributed by atoms with Gasteiger partial charge in [0.25, 0.3) is 0 Å². The predicted molar refractivity (Wildman–Crippen MR) is 125 cm³/mol. The second-order valence-electron chi connectivity index (χ2n) is 7.48. The summed E-state index contributed by atoms with van der Waals surface area (Å²) in [4.78, 5) is 17.1. The van der Waals surface area contributed by atoms with E-state index in [0.717, 1.165) is 17.0 Å². The Balaban J connectivity index is 1.73. The van der Waals surface area contributed by atoms with Crippen LogP contribution in [-0.4, -0.2) is 30.3 Å². The van der Waals surface area contributed by atoms with E-state index < -0.39 is 0 Å². The summed E-state index contributed by atoms with van der Waals surface area (Å²) in [5.41, 5.74) is 10.1. The van der Waals surface area contributed by atoms with Gasteiger partial charge in [-0.2, -0.15) is 5.10 Å². The molecule has 32 heavy (non-hydrogen) atoms. The van der Waals surface area contributed by atoms with Crippen LogP contribution in [0.2, 0.25) is 10.0 Å². The lowest BCUT2D eigenvalue weighted by Gasteiger charge is -2.14. The fourth-order valence-corrected chi connectivity index (χ4v) is 4.26. The molecule has 10 heteroatoms. The van der Waals surface area contributed by atoms with Crippen LogP contribution in [0.15, 0.2) is 36.7 Å². The molecule has 0 spiro atoms. The lowest BCUT2D eigenvalue weighted by molar-refractivity contribution is -0.121. The summed E-state index contributed by atoms with van der Waals surface area (Å²) in [6.45, 7) is 2.27. The smallest absolute Gasteiger partial charge is 0.240 e. The minimum Gasteiger partial charge on any atom is -0.494 e. The zero-order chi connectivity index (χ0) is 23.0. The number of nitrogens with one attached hydrogen (secondary N) is 1. The third-order valence-electron chi connectivity index (χ3n) is 5.26. The Morgan fingerprint density at radius 3 is 2.72 bits per heavy atom. The molecule has 3 aromatic heterocycles. The van der Waals surface area contributed by atoms with Gasteiger partial charge in [-0.15, -0.1) is 0 Å². The number of aryl methyl sites for hydroxylation is 2. The lowest BCUT2D eigenvalue weighted by Crippen LogP contribution is -2.27. The van der Waals surface area contributed by atoms with E-state index in [1.807, 2.05) is 20.0 Å². The molecule has 0 unspecified atom stereocenters. The standard InChI is InChI=1S/C22H22Cl2N6O2/c1-12-16(8-25)20(15-4-3-13(23)7-17(15)24)21-18(27-12)10-30(22(21)32)11-19(31)26-9-14-5-6-29(2)28-14/h3-7,10,32H,8-9,11,25H2,1-2H3,(H,26,31). The molecule has 0 atom stereocenters. The Morgan fingerprint density at radius 2 is 2.06 bits per heavy atom. The molecule has 0 saturated carbocycles. The van der Waals surface area contributed by atoms with E-state index in [1.165, 1.54) is 4.57 Å². The monoisotopic (exact) mass is 472 g/mol. The summed E-state index contributed by atoms with van der Waals surface area (Å²) in [5.74, 6) is -0.357. The number of hydrogen-bond acceptors (Lipinski definition) is 5. The molecule has 4 rings (SSSR count). The van der Waals surface area contributed by atoms with Crippen molar-refractivity contribution < 1.29 is 9.90 Å². The van der Waals surface area contributed by atoms with E-state index in [1.54, 1.807) is 35.3 Å². The fraction of sp³-hybridized carbons (Fsp3) is 0.227. The van der Waals surface area contributed by atoms with Crippen LogP contribution in [0.25, 0.3) is 22.0 Å². The van der Waals surface area contributed by atoms with Gasteiger partial charge in [0, 0.05) is 52.9 Å². The van der Waals surface area contributed by atoms with Gasteiger partial charge in [-0.05, 0) is 30.7 Å². The molecule has 1 aromatic carbocycles. The molecule has 0 saturated heterocycles. The number of amides is 1. The highest BCUT2D eigenvalue weighted by molar-refractivity contribution is 6.36. The van der Waals surface area contributed by atoms with Crippen molar-refractivity contribution in [3.8, 4) is 17.0 Å². The number of aromatic nitrogens is 4. The lowest BCUT2D eigenvalue weighted by atomic mass is 9.95. The first-order chi connectivity index (χ1) is 15.3. The number of hydrogen-bond donors (Lipinski definition) is 3. The van der Waals surface area contributed by atoms with Gasteiger partial charge in [0.2, 0.25) is 11.8 Å². The highest BCUT2D eigenvalue weighted by Gasteiger charge is 2.22. The second-order valence-corrected chi connectivity index (χ2v) is 8.32. The molecule has 166 valence electrons. The Bertz CT molecular complexity index is 1330. The molecule has 0 radical (unpaired) electrons. The van der Waals surface area contributed by atoms with Crippen LogP contribution in [0, 0.1) is 6.92 Å². The number of nitrogens with two attached hydrogens (primary N) is 1. The number of benzene rings is 1. The summed E-state index contributed by atoms with van der Waals surface area (Å²) >= 11 is 12.6. The Hall–Kier alpha value is -3.07. The molecule has 0 fully saturated rings. The average Bonchev–Trinajstić information content (AvgIpc) is 3.28. The molecule has 3 heterocycles. The first-order valence-corrected chi connectivity index (χ1v) is 10.7. The maximum absolute atomic E-state index is 12.5. The van der Waals surface area contributed by atoms with Gasteiger partial charge in [0.15, 0.2) is 0 Å². The van der Waals surface area contributed by atoms with Crippen LogP contribution in [0.5, 0.6) is 5.88 Å². The Kier molecular flexibility index (Phi) is 6.10. The van der Waals surface area contributed by atoms with Crippen LogP contribution in [0.1, 0.15) is 17.0 Å². The van der Waals surface area contributed by atoms with Gasteiger partial charge >= 0.3 is 0 Å². The van der Waals surface area contributed by atoms with Crippen LogP contribution < -0.4 is 11.1 Å². The first kappa shape index (κ1) is 22.1. The van der Waals surface area contributed by atoms with Crippen molar-refractivity contribution in [1.82, 2.24) is 24.6 Å². The summed E-state index contributed by atoms with van der Waals surface area (Å²) in [6, 6.07) is 6.97. The van der Waals surface area contributed by atoms with Crippen LogP contribution in [0.4, 0.5) is 0 Å². The highest BCUT2D eigenvalue weighted by atomic mass is 35.5. The molecule has 8 nitrogen and oxygen atoms in total. The third-order valence-corrected chi connectivity index (χ3v) is 5.81. The van der Waals surface area contributed by atoms with Crippen molar-refractivity contribution in [2.24, 2.45) is 12.8 Å². The number of halogens is 2. The largest absolute Gasteiger partial charge is 0.494 e. The molecule has 0 aliphatic heterocycles. The second kappa shape index (κ2) is 8.82. The fourth-order valence-electron chi connectivity index (χ4n) is 3.75. The molecule has 4 aromatic rings. The number of carbonyl (C=O) groups is 1. The number of pyridine rings is 1. The summed E-state index contributed by atoms with van der Waals surface area (Å²) < 4.78 is 3.12.